The number of carbonyl (C=O) groups excluding carboxylic acids is 1. The minimum absolute atomic E-state index is 0.321. The summed E-state index contributed by atoms with van der Waals surface area (Å²) in [6, 6.07) is 8.45. The Morgan fingerprint density at radius 1 is 1.16 bits per heavy atom. The molecular weight excluding hydrogens is 310 g/mol. The summed E-state index contributed by atoms with van der Waals surface area (Å²) in [6.07, 6.45) is 4.21. The van der Waals surface area contributed by atoms with Crippen molar-refractivity contribution >= 4 is 22.5 Å². The Labute approximate surface area is 149 Å². The Morgan fingerprint density at radius 2 is 1.96 bits per heavy atom. The van der Waals surface area contributed by atoms with Crippen LogP contribution in [-0.4, -0.2) is 42.0 Å². The molecule has 1 aromatic carbocycles. The van der Waals surface area contributed by atoms with Gasteiger partial charge in [-0.1, -0.05) is 25.1 Å². The molecule has 1 saturated heterocycles. The van der Waals surface area contributed by atoms with Crippen LogP contribution in [0.4, 0.5) is 5.69 Å². The lowest BCUT2D eigenvalue weighted by molar-refractivity contribution is -0.132. The maximum absolute atomic E-state index is 12.4. The number of pyridine rings is 1. The summed E-state index contributed by atoms with van der Waals surface area (Å²) in [7, 11) is 0. The van der Waals surface area contributed by atoms with Gasteiger partial charge >= 0.3 is 0 Å². The number of aryl methyl sites for hydroxylation is 1. The van der Waals surface area contributed by atoms with Crippen molar-refractivity contribution in [1.29, 1.82) is 0 Å². The molecule has 1 amide bonds. The van der Waals surface area contributed by atoms with E-state index >= 15 is 0 Å². The van der Waals surface area contributed by atoms with Gasteiger partial charge in [-0.25, -0.2) is 0 Å². The van der Waals surface area contributed by atoms with E-state index in [1.807, 2.05) is 0 Å². The first kappa shape index (κ1) is 16.4. The highest BCUT2D eigenvalue weighted by atomic mass is 16.2. The number of nitrogens with zero attached hydrogens (tertiary/aromatic N) is 3. The molecule has 1 aliphatic carbocycles. The van der Waals surface area contributed by atoms with Crippen LogP contribution in [-0.2, 0) is 11.2 Å². The van der Waals surface area contributed by atoms with Gasteiger partial charge in [0.05, 0.1) is 11.2 Å². The Hall–Kier alpha value is -2.10. The molecule has 0 atom stereocenters. The van der Waals surface area contributed by atoms with E-state index in [-0.39, 0.29) is 0 Å². The molecule has 4 rings (SSSR count). The minimum Gasteiger partial charge on any atom is -0.369 e. The normalized spacial score (nSPS) is 18.5. The standard InChI is InChI=1S/C21H27N3O/c1-3-17-15(2)22-19-8-5-4-7-18(19)20(17)23-11-6-12-24(14-13-23)21(25)16-9-10-16/h4-5,7-8,16H,3,6,9-14H2,1-2H3. The average Bonchev–Trinajstić information content (AvgIpc) is 3.46. The third-order valence-corrected chi connectivity index (χ3v) is 5.57. The highest BCUT2D eigenvalue weighted by Gasteiger charge is 2.34. The van der Waals surface area contributed by atoms with Gasteiger partial charge in [0.1, 0.15) is 0 Å². The molecule has 0 bridgehead atoms. The van der Waals surface area contributed by atoms with Crippen LogP contribution in [0.2, 0.25) is 0 Å². The topological polar surface area (TPSA) is 36.4 Å². The van der Waals surface area contributed by atoms with Gasteiger partial charge in [-0.15, -0.1) is 0 Å². The van der Waals surface area contributed by atoms with E-state index in [4.69, 9.17) is 4.98 Å². The zero-order valence-corrected chi connectivity index (χ0v) is 15.3. The average molecular weight is 337 g/mol. The summed E-state index contributed by atoms with van der Waals surface area (Å²) in [4.78, 5) is 21.8. The lowest BCUT2D eigenvalue weighted by Crippen LogP contribution is -2.36. The fraction of sp³-hybridized carbons (Fsp3) is 0.524. The van der Waals surface area contributed by atoms with Crippen molar-refractivity contribution in [3.63, 3.8) is 0 Å². The molecule has 2 aliphatic rings. The van der Waals surface area contributed by atoms with Gasteiger partial charge in [0.25, 0.3) is 0 Å². The summed E-state index contributed by atoms with van der Waals surface area (Å²) in [6.45, 7) is 8.00. The van der Waals surface area contributed by atoms with Gasteiger partial charge in [-0.05, 0) is 44.2 Å². The summed E-state index contributed by atoms with van der Waals surface area (Å²) in [5, 5.41) is 1.24. The zero-order chi connectivity index (χ0) is 17.4. The van der Waals surface area contributed by atoms with E-state index in [0.717, 1.165) is 63.1 Å². The monoisotopic (exact) mass is 337 g/mol. The van der Waals surface area contributed by atoms with Crippen LogP contribution in [0.1, 0.15) is 37.4 Å². The molecule has 1 aliphatic heterocycles. The molecule has 0 spiro atoms. The number of rotatable bonds is 3. The predicted octanol–water partition coefficient (Wildman–Crippen LogP) is 3.55. The van der Waals surface area contributed by atoms with Crippen molar-refractivity contribution in [2.24, 2.45) is 5.92 Å². The number of hydrogen-bond acceptors (Lipinski definition) is 3. The molecule has 2 fully saturated rings. The number of para-hydroxylation sites is 1. The second-order valence-electron chi connectivity index (χ2n) is 7.34. The summed E-state index contributed by atoms with van der Waals surface area (Å²) in [5.41, 5.74) is 4.89. The van der Waals surface area contributed by atoms with Crippen molar-refractivity contribution < 1.29 is 4.79 Å². The van der Waals surface area contributed by atoms with E-state index in [9.17, 15) is 4.79 Å². The molecule has 1 aromatic heterocycles. The first-order chi connectivity index (χ1) is 12.2. The second-order valence-corrected chi connectivity index (χ2v) is 7.34. The minimum atomic E-state index is 0.321. The van der Waals surface area contributed by atoms with Gasteiger partial charge in [0.15, 0.2) is 0 Å². The van der Waals surface area contributed by atoms with Gasteiger partial charge in [-0.3, -0.25) is 9.78 Å². The Kier molecular flexibility index (Phi) is 4.36. The van der Waals surface area contributed by atoms with Crippen LogP contribution in [0, 0.1) is 12.8 Å². The predicted molar refractivity (Wildman–Crippen MR) is 102 cm³/mol. The van der Waals surface area contributed by atoms with Gasteiger partial charge in [-0.2, -0.15) is 0 Å². The number of hydrogen-bond donors (Lipinski definition) is 0. The molecule has 0 N–H and O–H groups in total. The number of fused-ring (bicyclic) bond motifs is 1. The van der Waals surface area contributed by atoms with E-state index in [0.29, 0.717) is 11.8 Å². The molecule has 132 valence electrons. The number of amides is 1. The van der Waals surface area contributed by atoms with E-state index in [1.165, 1.54) is 16.6 Å². The highest BCUT2D eigenvalue weighted by Crippen LogP contribution is 2.34. The third kappa shape index (κ3) is 3.10. The molecule has 1 saturated carbocycles. The first-order valence-electron chi connectivity index (χ1n) is 9.61. The summed E-state index contributed by atoms with van der Waals surface area (Å²) >= 11 is 0. The second kappa shape index (κ2) is 6.66. The van der Waals surface area contributed by atoms with Crippen molar-refractivity contribution in [1.82, 2.24) is 9.88 Å². The molecule has 0 unspecified atom stereocenters. The van der Waals surface area contributed by atoms with Crippen LogP contribution in [0.15, 0.2) is 24.3 Å². The first-order valence-corrected chi connectivity index (χ1v) is 9.61. The quantitative estimate of drug-likeness (QED) is 0.859. The lowest BCUT2D eigenvalue weighted by Gasteiger charge is -2.28. The van der Waals surface area contributed by atoms with Gasteiger partial charge < -0.3 is 9.80 Å². The van der Waals surface area contributed by atoms with Crippen LogP contribution >= 0.6 is 0 Å². The lowest BCUT2D eigenvalue weighted by atomic mass is 10.0. The van der Waals surface area contributed by atoms with Crippen LogP contribution in [0.3, 0.4) is 0 Å². The Balaban J connectivity index is 1.67. The fourth-order valence-electron chi connectivity index (χ4n) is 4.09. The molecule has 25 heavy (non-hydrogen) atoms. The van der Waals surface area contributed by atoms with Crippen molar-refractivity contribution in [3.8, 4) is 0 Å². The Morgan fingerprint density at radius 3 is 2.72 bits per heavy atom. The number of aromatic nitrogens is 1. The van der Waals surface area contributed by atoms with Gasteiger partial charge in [0, 0.05) is 43.2 Å². The van der Waals surface area contributed by atoms with Crippen LogP contribution in [0.25, 0.3) is 10.9 Å². The van der Waals surface area contributed by atoms with E-state index in [1.54, 1.807) is 0 Å². The molecule has 2 aromatic rings. The molecule has 2 heterocycles. The molecule has 0 radical (unpaired) electrons. The van der Waals surface area contributed by atoms with Gasteiger partial charge in [0.2, 0.25) is 5.91 Å². The highest BCUT2D eigenvalue weighted by molar-refractivity contribution is 5.94. The number of carbonyl (C=O) groups is 1. The molecule has 4 heteroatoms. The number of anilines is 1. The van der Waals surface area contributed by atoms with Crippen molar-refractivity contribution in [3.05, 3.63) is 35.5 Å². The third-order valence-electron chi connectivity index (χ3n) is 5.57. The van der Waals surface area contributed by atoms with E-state index in [2.05, 4.69) is 47.9 Å². The van der Waals surface area contributed by atoms with Crippen molar-refractivity contribution in [2.45, 2.75) is 39.5 Å². The van der Waals surface area contributed by atoms with E-state index < -0.39 is 0 Å². The maximum Gasteiger partial charge on any atom is 0.225 e. The fourth-order valence-corrected chi connectivity index (χ4v) is 4.09. The smallest absolute Gasteiger partial charge is 0.225 e. The Bertz CT molecular complexity index is 797. The largest absolute Gasteiger partial charge is 0.369 e. The molecular formula is C21H27N3O. The van der Waals surface area contributed by atoms with Crippen LogP contribution in [0.5, 0.6) is 0 Å². The zero-order valence-electron chi connectivity index (χ0n) is 15.3. The van der Waals surface area contributed by atoms with Crippen molar-refractivity contribution in [2.75, 3.05) is 31.1 Å². The van der Waals surface area contributed by atoms with Crippen LogP contribution < -0.4 is 4.90 Å². The summed E-state index contributed by atoms with van der Waals surface area (Å²) < 4.78 is 0. The summed E-state index contributed by atoms with van der Waals surface area (Å²) in [5.74, 6) is 0.704. The SMILES string of the molecule is CCc1c(C)nc2ccccc2c1N1CCCN(C(=O)C2CC2)CC1. The maximum atomic E-state index is 12.4. The molecule has 4 nitrogen and oxygen atoms in total. The number of benzene rings is 1.